The summed E-state index contributed by atoms with van der Waals surface area (Å²) in [6.07, 6.45) is 9.88. The van der Waals surface area contributed by atoms with Crippen LogP contribution >= 0.6 is 0 Å². The van der Waals surface area contributed by atoms with E-state index in [1.807, 2.05) is 0 Å². The summed E-state index contributed by atoms with van der Waals surface area (Å²) < 4.78 is 0. The number of hydrogen-bond donors (Lipinski definition) is 0. The minimum atomic E-state index is 0.343. The summed E-state index contributed by atoms with van der Waals surface area (Å²) in [5.74, 6) is 2.36. The van der Waals surface area contributed by atoms with Gasteiger partial charge in [-0.15, -0.1) is 5.98 Å². The van der Waals surface area contributed by atoms with Crippen LogP contribution in [-0.2, 0) is 0 Å². The van der Waals surface area contributed by atoms with Gasteiger partial charge in [0.1, 0.15) is 0 Å². The summed E-state index contributed by atoms with van der Waals surface area (Å²) in [4.78, 5) is 0. The van der Waals surface area contributed by atoms with Gasteiger partial charge in [0, 0.05) is 0 Å². The number of hydrogen-bond acceptors (Lipinski definition) is 0. The van der Waals surface area contributed by atoms with E-state index in [0.29, 0.717) is 6.71 Å². The maximum atomic E-state index is 2.40. The monoisotopic (exact) mass is 272 g/mol. The van der Waals surface area contributed by atoms with E-state index in [1.54, 1.807) is 0 Å². The van der Waals surface area contributed by atoms with Crippen molar-refractivity contribution in [3.05, 3.63) is 84.4 Å². The summed E-state index contributed by atoms with van der Waals surface area (Å²) in [6, 6.07) is 21.5. The fraction of sp³-hybridized carbons (Fsp3) is 0.200. The molecule has 0 bridgehead atoms. The summed E-state index contributed by atoms with van der Waals surface area (Å²) in [5, 5.41) is 0. The van der Waals surface area contributed by atoms with Crippen LogP contribution < -0.4 is 10.9 Å². The van der Waals surface area contributed by atoms with Gasteiger partial charge >= 0.3 is 0 Å². The number of rotatable bonds is 4. The van der Waals surface area contributed by atoms with E-state index in [-0.39, 0.29) is 0 Å². The maximum Gasteiger partial charge on any atom is 0.233 e. The van der Waals surface area contributed by atoms with Crippen molar-refractivity contribution in [1.29, 1.82) is 0 Å². The van der Waals surface area contributed by atoms with Gasteiger partial charge in [0.15, 0.2) is 0 Å². The molecule has 0 aromatic heterocycles. The van der Waals surface area contributed by atoms with Crippen molar-refractivity contribution >= 4 is 17.6 Å². The molecule has 0 saturated carbocycles. The first kappa shape index (κ1) is 13.9. The third-order valence-corrected chi connectivity index (χ3v) is 4.15. The summed E-state index contributed by atoms with van der Waals surface area (Å²) in [7, 11) is 0. The Morgan fingerprint density at radius 1 is 0.762 bits per heavy atom. The molecule has 104 valence electrons. The van der Waals surface area contributed by atoms with Crippen LogP contribution in [0.15, 0.2) is 84.4 Å². The summed E-state index contributed by atoms with van der Waals surface area (Å²) in [6.45, 7) is 0.343. The first-order valence-corrected chi connectivity index (χ1v) is 7.90. The second kappa shape index (κ2) is 7.13. The first-order chi connectivity index (χ1) is 10.4. The molecule has 0 fully saturated rings. The van der Waals surface area contributed by atoms with E-state index < -0.39 is 0 Å². The third kappa shape index (κ3) is 3.75. The lowest BCUT2D eigenvalue weighted by Crippen LogP contribution is -2.40. The van der Waals surface area contributed by atoms with Gasteiger partial charge in [0.2, 0.25) is 6.71 Å². The van der Waals surface area contributed by atoms with E-state index in [4.69, 9.17) is 0 Å². The zero-order valence-corrected chi connectivity index (χ0v) is 12.4. The van der Waals surface area contributed by atoms with E-state index in [2.05, 4.69) is 78.8 Å². The Hall–Kier alpha value is -2.02. The lowest BCUT2D eigenvalue weighted by atomic mass is 9.40. The molecule has 0 radical (unpaired) electrons. The highest BCUT2D eigenvalue weighted by molar-refractivity contribution is 6.89. The molecule has 0 spiro atoms. The highest BCUT2D eigenvalue weighted by atomic mass is 14.0. The molecule has 0 unspecified atom stereocenters. The Labute approximate surface area is 128 Å². The van der Waals surface area contributed by atoms with Gasteiger partial charge in [-0.2, -0.15) is 0 Å². The Balaban J connectivity index is 1.89. The second-order valence-corrected chi connectivity index (χ2v) is 5.68. The van der Waals surface area contributed by atoms with Gasteiger partial charge in [0.05, 0.1) is 0 Å². The molecule has 2 aromatic rings. The highest BCUT2D eigenvalue weighted by Crippen LogP contribution is 2.18. The van der Waals surface area contributed by atoms with E-state index in [9.17, 15) is 0 Å². The predicted octanol–water partition coefficient (Wildman–Crippen LogP) is 3.89. The number of benzene rings is 2. The third-order valence-electron chi connectivity index (χ3n) is 4.15. The minimum Gasteiger partial charge on any atom is -0.105 e. The molecule has 0 atom stereocenters. The molecule has 21 heavy (non-hydrogen) atoms. The molecular weight excluding hydrogens is 251 g/mol. The van der Waals surface area contributed by atoms with Crippen molar-refractivity contribution in [3.63, 3.8) is 0 Å². The van der Waals surface area contributed by atoms with Crippen LogP contribution in [0, 0.1) is 0 Å². The van der Waals surface area contributed by atoms with Gasteiger partial charge in [-0.1, -0.05) is 89.3 Å². The molecule has 0 saturated heterocycles. The van der Waals surface area contributed by atoms with E-state index in [1.165, 1.54) is 42.2 Å². The molecule has 0 heterocycles. The van der Waals surface area contributed by atoms with Gasteiger partial charge in [0.25, 0.3) is 0 Å². The maximum absolute atomic E-state index is 2.40. The summed E-state index contributed by atoms with van der Waals surface area (Å²) in [5.41, 5.74) is 4.21. The van der Waals surface area contributed by atoms with E-state index in [0.717, 1.165) is 0 Å². The van der Waals surface area contributed by atoms with Crippen LogP contribution in [0.3, 0.4) is 0 Å². The zero-order valence-electron chi connectivity index (χ0n) is 12.4. The molecule has 1 heteroatoms. The Morgan fingerprint density at radius 2 is 1.38 bits per heavy atom. The van der Waals surface area contributed by atoms with Crippen molar-refractivity contribution in [2.75, 3.05) is 0 Å². The fourth-order valence-electron chi connectivity index (χ4n) is 2.97. The van der Waals surface area contributed by atoms with Crippen molar-refractivity contribution in [2.24, 2.45) is 0 Å². The quantitative estimate of drug-likeness (QED) is 0.741. The minimum absolute atomic E-state index is 0.343. The second-order valence-electron chi connectivity index (χ2n) is 5.68. The summed E-state index contributed by atoms with van der Waals surface area (Å²) >= 11 is 0. The average Bonchev–Trinajstić information content (AvgIpc) is 2.58. The lowest BCUT2D eigenvalue weighted by molar-refractivity contribution is 0.712. The molecule has 2 aromatic carbocycles. The van der Waals surface area contributed by atoms with Crippen molar-refractivity contribution in [1.82, 2.24) is 0 Å². The smallest absolute Gasteiger partial charge is 0.105 e. The highest BCUT2D eigenvalue weighted by Gasteiger charge is 2.15. The van der Waals surface area contributed by atoms with Gasteiger partial charge in [-0.05, 0) is 25.7 Å². The molecule has 3 rings (SSSR count). The standard InChI is InChI=1S/C20H21B/c1-4-10-18(11-5-1)16-17-21(19-12-6-2-7-13-19)20-14-8-3-9-15-20/h2-3,6-10,12-17H,1,4-5,11H2/b17-16+. The van der Waals surface area contributed by atoms with Crippen LogP contribution in [0.5, 0.6) is 0 Å². The van der Waals surface area contributed by atoms with Gasteiger partial charge in [-0.25, -0.2) is 0 Å². The lowest BCUT2D eigenvalue weighted by Gasteiger charge is -2.12. The van der Waals surface area contributed by atoms with Crippen molar-refractivity contribution in [2.45, 2.75) is 25.7 Å². The first-order valence-electron chi connectivity index (χ1n) is 7.90. The normalized spacial score (nSPS) is 15.0. The van der Waals surface area contributed by atoms with Crippen LogP contribution in [0.2, 0.25) is 0 Å². The van der Waals surface area contributed by atoms with Gasteiger partial charge < -0.3 is 0 Å². The molecule has 0 aliphatic heterocycles. The van der Waals surface area contributed by atoms with Crippen LogP contribution in [0.25, 0.3) is 0 Å². The van der Waals surface area contributed by atoms with Gasteiger partial charge in [-0.3, -0.25) is 0 Å². The van der Waals surface area contributed by atoms with E-state index >= 15 is 0 Å². The van der Waals surface area contributed by atoms with Crippen LogP contribution in [-0.4, -0.2) is 6.71 Å². The van der Waals surface area contributed by atoms with Crippen LogP contribution in [0.4, 0.5) is 0 Å². The Bertz CT molecular complexity index is 571. The topological polar surface area (TPSA) is 0 Å². The molecule has 0 N–H and O–H groups in total. The molecule has 0 amide bonds. The SMILES string of the molecule is C1=C(/C=C/B(c2ccccc2)c2ccccc2)CCCC1. The average molecular weight is 272 g/mol. The Morgan fingerprint density at radius 3 is 1.90 bits per heavy atom. The van der Waals surface area contributed by atoms with Crippen molar-refractivity contribution in [3.8, 4) is 0 Å². The largest absolute Gasteiger partial charge is 0.233 e. The number of allylic oxidation sites excluding steroid dienone is 3. The molecule has 1 aliphatic rings. The molecule has 1 aliphatic carbocycles. The predicted molar refractivity (Wildman–Crippen MR) is 93.6 cm³/mol. The molecular formula is C20H21B. The molecule has 0 nitrogen and oxygen atoms in total. The van der Waals surface area contributed by atoms with Crippen LogP contribution in [0.1, 0.15) is 25.7 Å². The zero-order chi connectivity index (χ0) is 14.3. The van der Waals surface area contributed by atoms with Crippen molar-refractivity contribution < 1.29 is 0 Å². The fourth-order valence-corrected chi connectivity index (χ4v) is 2.97. The Kier molecular flexibility index (Phi) is 4.73.